The summed E-state index contributed by atoms with van der Waals surface area (Å²) in [6.45, 7) is 6.13. The van der Waals surface area contributed by atoms with Gasteiger partial charge in [0.1, 0.15) is 0 Å². The van der Waals surface area contributed by atoms with Crippen molar-refractivity contribution in [1.82, 2.24) is 0 Å². The minimum Gasteiger partial charge on any atom is -0.455 e. The van der Waals surface area contributed by atoms with Crippen LogP contribution in [0.25, 0.3) is 0 Å². The Hall–Kier alpha value is -1.51. The van der Waals surface area contributed by atoms with E-state index in [1.54, 1.807) is 6.07 Å². The fourth-order valence-electron chi connectivity index (χ4n) is 1.54. The lowest BCUT2D eigenvalue weighted by molar-refractivity contribution is 0.237. The molecule has 0 aliphatic carbocycles. The zero-order chi connectivity index (χ0) is 11.1. The van der Waals surface area contributed by atoms with E-state index in [1.807, 2.05) is 32.9 Å². The molecule has 15 heavy (non-hydrogen) atoms. The maximum Gasteiger partial charge on any atom is 0.314 e. The first-order valence-corrected chi connectivity index (χ1v) is 4.82. The van der Waals surface area contributed by atoms with Crippen molar-refractivity contribution in [2.45, 2.75) is 26.2 Å². The van der Waals surface area contributed by atoms with Crippen LogP contribution < -0.4 is 9.47 Å². The van der Waals surface area contributed by atoms with Gasteiger partial charge in [0.15, 0.2) is 17.8 Å². The highest BCUT2D eigenvalue weighted by molar-refractivity contribution is 5.51. The Morgan fingerprint density at radius 2 is 1.93 bits per heavy atom. The monoisotopic (exact) mass is 208 g/mol. The van der Waals surface area contributed by atoms with Gasteiger partial charge in [-0.1, -0.05) is 32.9 Å². The average Bonchev–Trinajstić information content (AvgIpc) is 2.15. The van der Waals surface area contributed by atoms with Gasteiger partial charge in [-0.2, -0.15) is 4.39 Å². The molecule has 2 rings (SSSR count). The van der Waals surface area contributed by atoms with Crippen molar-refractivity contribution in [3.05, 3.63) is 36.0 Å². The van der Waals surface area contributed by atoms with E-state index < -0.39 is 6.01 Å². The van der Waals surface area contributed by atoms with E-state index in [-0.39, 0.29) is 5.41 Å². The molecule has 80 valence electrons. The van der Waals surface area contributed by atoms with Crippen molar-refractivity contribution >= 4 is 0 Å². The molecule has 1 heterocycles. The zero-order valence-corrected chi connectivity index (χ0v) is 9.00. The van der Waals surface area contributed by atoms with Crippen molar-refractivity contribution in [3.63, 3.8) is 0 Å². The number of ether oxygens (including phenoxy) is 2. The highest BCUT2D eigenvalue weighted by Crippen LogP contribution is 2.41. The van der Waals surface area contributed by atoms with Crippen molar-refractivity contribution in [1.29, 1.82) is 0 Å². The van der Waals surface area contributed by atoms with Gasteiger partial charge in [-0.15, -0.1) is 0 Å². The largest absolute Gasteiger partial charge is 0.455 e. The highest BCUT2D eigenvalue weighted by atomic mass is 19.1. The second-order valence-electron chi connectivity index (χ2n) is 4.52. The molecule has 0 aromatic heterocycles. The van der Waals surface area contributed by atoms with Gasteiger partial charge in [0, 0.05) is 5.56 Å². The van der Waals surface area contributed by atoms with Gasteiger partial charge in [0.25, 0.3) is 0 Å². The second-order valence-corrected chi connectivity index (χ2v) is 4.52. The predicted molar refractivity (Wildman–Crippen MR) is 55.6 cm³/mol. The number of rotatable bonds is 0. The summed E-state index contributed by atoms with van der Waals surface area (Å²) in [5.74, 6) is 1.04. The van der Waals surface area contributed by atoms with Gasteiger partial charge in [0.05, 0.1) is 0 Å². The normalized spacial score (nSPS) is 14.8. The molecule has 0 N–H and O–H groups in total. The van der Waals surface area contributed by atoms with E-state index in [1.165, 1.54) is 0 Å². The molecule has 0 amide bonds. The predicted octanol–water partition coefficient (Wildman–Crippen LogP) is 3.52. The minimum absolute atomic E-state index is 0.105. The smallest absolute Gasteiger partial charge is 0.314 e. The fourth-order valence-corrected chi connectivity index (χ4v) is 1.54. The standard InChI is InChI=1S/C12H13FO2/c1-12(2,3)8-5-4-6-9-11(8)15-10(13)7-14-9/h4-7H,1-3H3. The van der Waals surface area contributed by atoms with E-state index in [9.17, 15) is 4.39 Å². The summed E-state index contributed by atoms with van der Waals surface area (Å²) < 4.78 is 23.1. The van der Waals surface area contributed by atoms with Crippen molar-refractivity contribution in [3.8, 4) is 11.5 Å². The summed E-state index contributed by atoms with van der Waals surface area (Å²) in [7, 11) is 0. The fraction of sp³-hybridized carbons (Fsp3) is 0.333. The van der Waals surface area contributed by atoms with Crippen molar-refractivity contribution in [2.75, 3.05) is 0 Å². The second kappa shape index (κ2) is 3.26. The van der Waals surface area contributed by atoms with Gasteiger partial charge >= 0.3 is 6.01 Å². The Labute approximate surface area is 88.3 Å². The molecule has 1 aromatic carbocycles. The SMILES string of the molecule is CC(C)(C)c1cccc2c1OC(F)=CO2. The maximum absolute atomic E-state index is 12.9. The molecule has 0 radical (unpaired) electrons. The van der Waals surface area contributed by atoms with Crippen molar-refractivity contribution < 1.29 is 13.9 Å². The molecule has 1 aliphatic heterocycles. The number of halogens is 1. The third-order valence-electron chi connectivity index (χ3n) is 2.27. The summed E-state index contributed by atoms with van der Waals surface area (Å²) in [6, 6.07) is 4.84. The van der Waals surface area contributed by atoms with Crippen LogP contribution in [0.2, 0.25) is 0 Å². The van der Waals surface area contributed by atoms with E-state index in [0.717, 1.165) is 11.8 Å². The quantitative estimate of drug-likeness (QED) is 0.649. The molecule has 1 aliphatic rings. The Morgan fingerprint density at radius 1 is 1.20 bits per heavy atom. The first-order chi connectivity index (χ1) is 6.98. The third kappa shape index (κ3) is 1.82. The van der Waals surface area contributed by atoms with Gasteiger partial charge in [-0.3, -0.25) is 0 Å². The lowest BCUT2D eigenvalue weighted by atomic mass is 9.86. The van der Waals surface area contributed by atoms with Crippen LogP contribution in [0.15, 0.2) is 30.5 Å². The molecular formula is C12H13FO2. The molecule has 0 bridgehead atoms. The summed E-state index contributed by atoms with van der Waals surface area (Å²) >= 11 is 0. The first kappa shape index (κ1) is 10.0. The first-order valence-electron chi connectivity index (χ1n) is 4.82. The Kier molecular flexibility index (Phi) is 2.18. The molecular weight excluding hydrogens is 195 g/mol. The van der Waals surface area contributed by atoms with Crippen LogP contribution in [-0.2, 0) is 5.41 Å². The Morgan fingerprint density at radius 3 is 2.60 bits per heavy atom. The molecule has 0 saturated heterocycles. The van der Waals surface area contributed by atoms with Gasteiger partial charge in [-0.25, -0.2) is 0 Å². The number of benzene rings is 1. The summed E-state index contributed by atoms with van der Waals surface area (Å²) in [5.41, 5.74) is 0.829. The number of fused-ring (bicyclic) bond motifs is 1. The minimum atomic E-state index is -0.709. The Bertz CT molecular complexity index is 416. The molecule has 0 fully saturated rings. The summed E-state index contributed by atoms with van der Waals surface area (Å²) in [4.78, 5) is 0. The lowest BCUT2D eigenvalue weighted by Gasteiger charge is -2.25. The summed E-state index contributed by atoms with van der Waals surface area (Å²) in [6.07, 6.45) is 0.967. The van der Waals surface area contributed by atoms with E-state index in [2.05, 4.69) is 0 Å². The zero-order valence-electron chi connectivity index (χ0n) is 9.00. The molecule has 0 unspecified atom stereocenters. The van der Waals surface area contributed by atoms with Gasteiger partial charge in [0.2, 0.25) is 0 Å². The van der Waals surface area contributed by atoms with Gasteiger partial charge in [-0.05, 0) is 11.5 Å². The van der Waals surface area contributed by atoms with E-state index >= 15 is 0 Å². The average molecular weight is 208 g/mol. The molecule has 0 atom stereocenters. The molecule has 0 saturated carbocycles. The Balaban J connectivity index is 2.53. The van der Waals surface area contributed by atoms with Gasteiger partial charge < -0.3 is 9.47 Å². The van der Waals surface area contributed by atoms with Crippen LogP contribution in [0.4, 0.5) is 4.39 Å². The third-order valence-corrected chi connectivity index (χ3v) is 2.27. The molecule has 0 spiro atoms. The van der Waals surface area contributed by atoms with Crippen LogP contribution in [-0.4, -0.2) is 0 Å². The van der Waals surface area contributed by atoms with Crippen LogP contribution >= 0.6 is 0 Å². The van der Waals surface area contributed by atoms with Crippen LogP contribution in [0.1, 0.15) is 26.3 Å². The topological polar surface area (TPSA) is 18.5 Å². The van der Waals surface area contributed by atoms with Crippen LogP contribution in [0.3, 0.4) is 0 Å². The molecule has 3 heteroatoms. The van der Waals surface area contributed by atoms with Crippen LogP contribution in [0, 0.1) is 0 Å². The van der Waals surface area contributed by atoms with E-state index in [4.69, 9.17) is 9.47 Å². The van der Waals surface area contributed by atoms with Crippen LogP contribution in [0.5, 0.6) is 11.5 Å². The van der Waals surface area contributed by atoms with E-state index in [0.29, 0.717) is 11.5 Å². The molecule has 2 nitrogen and oxygen atoms in total. The number of hydrogen-bond donors (Lipinski definition) is 0. The van der Waals surface area contributed by atoms with Crippen molar-refractivity contribution in [2.24, 2.45) is 0 Å². The summed E-state index contributed by atoms with van der Waals surface area (Å²) in [5, 5.41) is 0. The maximum atomic E-state index is 12.9. The highest BCUT2D eigenvalue weighted by Gasteiger charge is 2.25. The lowest BCUT2D eigenvalue weighted by Crippen LogP contribution is -2.15. The number of hydrogen-bond acceptors (Lipinski definition) is 2. The molecule has 1 aromatic rings. The number of para-hydroxylation sites is 1.